The summed E-state index contributed by atoms with van der Waals surface area (Å²) in [5.74, 6) is -0.940. The Morgan fingerprint density at radius 2 is 1.67 bits per heavy atom. The normalized spacial score (nSPS) is 19.2. The van der Waals surface area contributed by atoms with Crippen molar-refractivity contribution in [3.05, 3.63) is 71.8 Å². The van der Waals surface area contributed by atoms with E-state index in [0.717, 1.165) is 25.3 Å². The zero-order valence-electron chi connectivity index (χ0n) is 18.3. The minimum absolute atomic E-state index is 0.00893. The molecule has 4 rings (SSSR count). The number of carboxylic acid groups (broad SMARTS) is 1. The van der Waals surface area contributed by atoms with Crippen LogP contribution in [-0.2, 0) is 14.3 Å². The number of carbonyl (C=O) groups excluding carboxylic acids is 2. The highest BCUT2D eigenvalue weighted by atomic mass is 16.5. The van der Waals surface area contributed by atoms with E-state index < -0.39 is 12.1 Å². The Labute approximate surface area is 192 Å². The summed E-state index contributed by atoms with van der Waals surface area (Å²) in [5, 5.41) is 14.2. The van der Waals surface area contributed by atoms with Gasteiger partial charge in [0.15, 0.2) is 0 Å². The SMILES string of the molecule is O=C(O)/C=C/CNC(=O)CC1CCC(NC(=O)OCC2c3ccccc3-c3ccccc32)C1. The highest BCUT2D eigenvalue weighted by Gasteiger charge is 2.31. The highest BCUT2D eigenvalue weighted by Crippen LogP contribution is 2.44. The zero-order valence-corrected chi connectivity index (χ0v) is 18.3. The molecule has 7 nitrogen and oxygen atoms in total. The van der Waals surface area contributed by atoms with Gasteiger partial charge in [0.1, 0.15) is 6.61 Å². The predicted octanol–water partition coefficient (Wildman–Crippen LogP) is 3.84. The summed E-state index contributed by atoms with van der Waals surface area (Å²) in [5.41, 5.74) is 4.74. The van der Waals surface area contributed by atoms with Gasteiger partial charge in [-0.2, -0.15) is 0 Å². The summed E-state index contributed by atoms with van der Waals surface area (Å²) in [7, 11) is 0. The molecule has 2 aliphatic rings. The van der Waals surface area contributed by atoms with Crippen LogP contribution in [0.2, 0.25) is 0 Å². The van der Waals surface area contributed by atoms with Gasteiger partial charge in [0.25, 0.3) is 0 Å². The first-order chi connectivity index (χ1) is 16.0. The summed E-state index contributed by atoms with van der Waals surface area (Å²) in [6.45, 7) is 0.474. The molecule has 172 valence electrons. The zero-order chi connectivity index (χ0) is 23.2. The lowest BCUT2D eigenvalue weighted by atomic mass is 9.98. The maximum Gasteiger partial charge on any atom is 0.407 e. The second-order valence-electron chi connectivity index (χ2n) is 8.59. The maximum absolute atomic E-state index is 12.5. The van der Waals surface area contributed by atoms with Crippen molar-refractivity contribution in [2.45, 2.75) is 37.6 Å². The van der Waals surface area contributed by atoms with Crippen molar-refractivity contribution in [1.82, 2.24) is 10.6 Å². The Morgan fingerprint density at radius 3 is 2.33 bits per heavy atom. The molecule has 2 atom stereocenters. The Kier molecular flexibility index (Phi) is 7.07. The van der Waals surface area contributed by atoms with Gasteiger partial charge in [-0.15, -0.1) is 0 Å². The van der Waals surface area contributed by atoms with Crippen molar-refractivity contribution < 1.29 is 24.2 Å². The Balaban J connectivity index is 1.23. The van der Waals surface area contributed by atoms with E-state index >= 15 is 0 Å². The number of hydrogen-bond donors (Lipinski definition) is 3. The molecule has 2 aromatic carbocycles. The van der Waals surface area contributed by atoms with Gasteiger partial charge in [0.2, 0.25) is 5.91 Å². The quantitative estimate of drug-likeness (QED) is 0.532. The van der Waals surface area contributed by atoms with Gasteiger partial charge in [-0.05, 0) is 47.4 Å². The number of nitrogens with one attached hydrogen (secondary N) is 2. The van der Waals surface area contributed by atoms with E-state index in [-0.39, 0.29) is 36.9 Å². The van der Waals surface area contributed by atoms with E-state index in [2.05, 4.69) is 34.9 Å². The number of alkyl carbamates (subject to hydrolysis) is 1. The van der Waals surface area contributed by atoms with Gasteiger partial charge >= 0.3 is 12.1 Å². The molecular weight excluding hydrogens is 420 g/mol. The maximum atomic E-state index is 12.5. The lowest BCUT2D eigenvalue weighted by Crippen LogP contribution is -2.34. The Bertz CT molecular complexity index is 1020. The summed E-state index contributed by atoms with van der Waals surface area (Å²) in [6, 6.07) is 16.4. The molecule has 2 aromatic rings. The topological polar surface area (TPSA) is 105 Å². The fourth-order valence-corrected chi connectivity index (χ4v) is 4.87. The van der Waals surface area contributed by atoms with Crippen molar-refractivity contribution in [1.29, 1.82) is 0 Å². The van der Waals surface area contributed by atoms with Gasteiger partial charge in [0, 0.05) is 31.0 Å². The van der Waals surface area contributed by atoms with Gasteiger partial charge < -0.3 is 20.5 Å². The molecule has 0 radical (unpaired) electrons. The van der Waals surface area contributed by atoms with Crippen LogP contribution in [0.25, 0.3) is 11.1 Å². The third-order valence-corrected chi connectivity index (χ3v) is 6.36. The number of aliphatic carboxylic acids is 1. The van der Waals surface area contributed by atoms with Crippen molar-refractivity contribution >= 4 is 18.0 Å². The molecule has 2 aliphatic carbocycles. The third kappa shape index (κ3) is 5.61. The van der Waals surface area contributed by atoms with Gasteiger partial charge in [-0.1, -0.05) is 54.6 Å². The first kappa shape index (κ1) is 22.6. The molecule has 7 heteroatoms. The van der Waals surface area contributed by atoms with Crippen molar-refractivity contribution in [3.63, 3.8) is 0 Å². The van der Waals surface area contributed by atoms with Gasteiger partial charge in [-0.25, -0.2) is 9.59 Å². The number of ether oxygens (including phenoxy) is 1. The molecule has 1 fully saturated rings. The molecule has 0 bridgehead atoms. The highest BCUT2D eigenvalue weighted by molar-refractivity contribution is 5.80. The summed E-state index contributed by atoms with van der Waals surface area (Å²) in [6.07, 6.45) is 4.73. The lowest BCUT2D eigenvalue weighted by Gasteiger charge is -2.17. The Hall–Kier alpha value is -3.61. The molecular formula is C26H28N2O5. The van der Waals surface area contributed by atoms with E-state index in [0.29, 0.717) is 6.42 Å². The summed E-state index contributed by atoms with van der Waals surface area (Å²) >= 11 is 0. The second kappa shape index (κ2) is 10.3. The van der Waals surface area contributed by atoms with Crippen LogP contribution in [-0.4, -0.2) is 42.3 Å². The first-order valence-electron chi connectivity index (χ1n) is 11.3. The standard InChI is InChI=1S/C26H28N2O5/c29-24(27-13-5-10-25(30)31)15-17-11-12-18(14-17)28-26(32)33-16-23-21-8-3-1-6-19(21)20-7-2-4-9-22(20)23/h1-10,17-18,23H,11-16H2,(H,27,29)(H,28,32)(H,30,31)/b10-5+. The van der Waals surface area contributed by atoms with E-state index in [1.165, 1.54) is 28.3 Å². The average Bonchev–Trinajstić information content (AvgIpc) is 3.37. The van der Waals surface area contributed by atoms with Crippen LogP contribution < -0.4 is 10.6 Å². The number of benzene rings is 2. The van der Waals surface area contributed by atoms with Crippen molar-refractivity contribution in [2.24, 2.45) is 5.92 Å². The number of hydrogen-bond acceptors (Lipinski definition) is 4. The van der Waals surface area contributed by atoms with Crippen LogP contribution in [0.15, 0.2) is 60.7 Å². The molecule has 0 aliphatic heterocycles. The molecule has 2 unspecified atom stereocenters. The van der Waals surface area contributed by atoms with Crippen LogP contribution in [0.5, 0.6) is 0 Å². The van der Waals surface area contributed by atoms with E-state index in [1.807, 2.05) is 24.3 Å². The predicted molar refractivity (Wildman–Crippen MR) is 124 cm³/mol. The number of amides is 2. The fourth-order valence-electron chi connectivity index (χ4n) is 4.87. The number of carboxylic acids is 1. The molecule has 0 spiro atoms. The Morgan fingerprint density at radius 1 is 1.00 bits per heavy atom. The molecule has 33 heavy (non-hydrogen) atoms. The molecule has 1 saturated carbocycles. The number of rotatable bonds is 8. The number of carbonyl (C=O) groups is 3. The van der Waals surface area contributed by atoms with Crippen LogP contribution in [0.4, 0.5) is 4.79 Å². The average molecular weight is 449 g/mol. The smallest absolute Gasteiger partial charge is 0.407 e. The number of fused-ring (bicyclic) bond motifs is 3. The largest absolute Gasteiger partial charge is 0.478 e. The minimum atomic E-state index is -1.04. The molecule has 0 aromatic heterocycles. The lowest BCUT2D eigenvalue weighted by molar-refractivity contribution is -0.131. The first-order valence-corrected chi connectivity index (χ1v) is 11.3. The van der Waals surface area contributed by atoms with E-state index in [9.17, 15) is 14.4 Å². The monoisotopic (exact) mass is 448 g/mol. The van der Waals surface area contributed by atoms with Gasteiger partial charge in [-0.3, -0.25) is 4.79 Å². The summed E-state index contributed by atoms with van der Waals surface area (Å²) in [4.78, 5) is 34.9. The molecule has 2 amide bonds. The fraction of sp³-hybridized carbons (Fsp3) is 0.346. The summed E-state index contributed by atoms with van der Waals surface area (Å²) < 4.78 is 5.62. The van der Waals surface area contributed by atoms with Crippen LogP contribution >= 0.6 is 0 Å². The van der Waals surface area contributed by atoms with Crippen molar-refractivity contribution in [3.8, 4) is 11.1 Å². The second-order valence-corrected chi connectivity index (χ2v) is 8.59. The molecule has 0 saturated heterocycles. The van der Waals surface area contributed by atoms with Gasteiger partial charge in [0.05, 0.1) is 0 Å². The van der Waals surface area contributed by atoms with Crippen LogP contribution in [0.1, 0.15) is 42.7 Å². The van der Waals surface area contributed by atoms with Crippen molar-refractivity contribution in [2.75, 3.05) is 13.2 Å². The van der Waals surface area contributed by atoms with E-state index in [1.54, 1.807) is 0 Å². The molecule has 0 heterocycles. The van der Waals surface area contributed by atoms with E-state index in [4.69, 9.17) is 9.84 Å². The minimum Gasteiger partial charge on any atom is -0.478 e. The van der Waals surface area contributed by atoms with Crippen LogP contribution in [0.3, 0.4) is 0 Å². The van der Waals surface area contributed by atoms with Crippen LogP contribution in [0, 0.1) is 5.92 Å². The third-order valence-electron chi connectivity index (χ3n) is 6.36. The molecule has 3 N–H and O–H groups in total.